The van der Waals surface area contributed by atoms with Crippen LogP contribution in [0.4, 0.5) is 11.4 Å². The molecular weight excluding hydrogens is 651 g/mol. The van der Waals surface area contributed by atoms with Crippen molar-refractivity contribution in [3.05, 3.63) is 250 Å². The molecule has 1 N–H and O–H groups in total. The maximum Gasteiger partial charge on any atom is 0.0713 e. The van der Waals surface area contributed by atoms with Gasteiger partial charge in [-0.3, -0.25) is 0 Å². The molecule has 0 spiro atoms. The van der Waals surface area contributed by atoms with Gasteiger partial charge in [-0.2, -0.15) is 0 Å². The molecule has 3 aliphatic rings. The van der Waals surface area contributed by atoms with E-state index < -0.39 is 10.8 Å². The summed E-state index contributed by atoms with van der Waals surface area (Å²) in [5.41, 5.74) is 19.5. The number of fused-ring (bicyclic) bond motifs is 8. The molecule has 1 heterocycles. The molecule has 2 aliphatic carbocycles. The second kappa shape index (κ2) is 11.3. The predicted molar refractivity (Wildman–Crippen MR) is 223 cm³/mol. The summed E-state index contributed by atoms with van der Waals surface area (Å²) in [4.78, 5) is 0. The summed E-state index contributed by atoms with van der Waals surface area (Å²) in [5.74, 6) is 0. The second-order valence-corrected chi connectivity index (χ2v) is 15.7. The van der Waals surface area contributed by atoms with Gasteiger partial charge in [-0.15, -0.1) is 0 Å². The van der Waals surface area contributed by atoms with Crippen LogP contribution in [0.5, 0.6) is 0 Å². The molecule has 0 amide bonds. The number of hydrogen-bond donors (Lipinski definition) is 1. The van der Waals surface area contributed by atoms with E-state index in [1.807, 2.05) is 0 Å². The third kappa shape index (κ3) is 3.94. The van der Waals surface area contributed by atoms with E-state index in [4.69, 9.17) is 0 Å². The Balaban J connectivity index is 1.14. The molecule has 0 fully saturated rings. The molecule has 54 heavy (non-hydrogen) atoms. The highest BCUT2D eigenvalue weighted by atomic mass is 14.9. The minimum Gasteiger partial charge on any atom is -0.355 e. The first-order valence-electron chi connectivity index (χ1n) is 19.1. The lowest BCUT2D eigenvalue weighted by molar-refractivity contribution is 0.629. The van der Waals surface area contributed by atoms with Crippen molar-refractivity contribution in [2.45, 2.75) is 30.1 Å². The van der Waals surface area contributed by atoms with Crippen molar-refractivity contribution in [1.82, 2.24) is 0 Å². The normalized spacial score (nSPS) is 15.8. The van der Waals surface area contributed by atoms with E-state index >= 15 is 0 Å². The van der Waals surface area contributed by atoms with Gasteiger partial charge >= 0.3 is 0 Å². The highest BCUT2D eigenvalue weighted by Gasteiger charge is 2.49. The Kier molecular flexibility index (Phi) is 6.50. The topological polar surface area (TPSA) is 12.0 Å². The highest BCUT2D eigenvalue weighted by molar-refractivity contribution is 5.89. The van der Waals surface area contributed by atoms with Crippen LogP contribution in [0.3, 0.4) is 0 Å². The standard InChI is InChI=1S/C53H39N/c1-51(2)47-33-37(52(35-17-5-3-6-18-35)43-25-13-9-21-39(43)40-22-10-14-26-44(40)52)29-31-49(47)54-50-32-30-38(34-48(50)51)53(36-19-7-4-8-20-36)45-27-15-11-23-41(45)42-24-12-16-28-46(42)53/h3-34,54H,1-2H3. The predicted octanol–water partition coefficient (Wildman–Crippen LogP) is 12.8. The Morgan fingerprint density at radius 2 is 0.611 bits per heavy atom. The van der Waals surface area contributed by atoms with Crippen LogP contribution in [0.15, 0.2) is 194 Å². The molecular formula is C53H39N. The lowest BCUT2D eigenvalue weighted by atomic mass is 9.64. The summed E-state index contributed by atoms with van der Waals surface area (Å²) in [5, 5.41) is 3.91. The van der Waals surface area contributed by atoms with Gasteiger partial charge in [-0.25, -0.2) is 0 Å². The Labute approximate surface area is 317 Å². The van der Waals surface area contributed by atoms with Gasteiger partial charge in [-0.05, 0) is 90.0 Å². The molecule has 256 valence electrons. The van der Waals surface area contributed by atoms with Crippen LogP contribution in [0.2, 0.25) is 0 Å². The number of benzene rings is 8. The largest absolute Gasteiger partial charge is 0.355 e. The van der Waals surface area contributed by atoms with Crippen LogP contribution in [-0.2, 0) is 16.2 Å². The van der Waals surface area contributed by atoms with Crippen molar-refractivity contribution in [3.63, 3.8) is 0 Å². The Morgan fingerprint density at radius 3 is 0.963 bits per heavy atom. The molecule has 1 aliphatic heterocycles. The van der Waals surface area contributed by atoms with Crippen LogP contribution >= 0.6 is 0 Å². The quantitative estimate of drug-likeness (QED) is 0.194. The Bertz CT molecular complexity index is 2490. The Hall–Kier alpha value is -6.44. The van der Waals surface area contributed by atoms with E-state index in [0.717, 1.165) is 0 Å². The van der Waals surface area contributed by atoms with Crippen molar-refractivity contribution in [3.8, 4) is 22.3 Å². The van der Waals surface area contributed by atoms with Gasteiger partial charge in [0.25, 0.3) is 0 Å². The molecule has 0 radical (unpaired) electrons. The third-order valence-electron chi connectivity index (χ3n) is 12.8. The van der Waals surface area contributed by atoms with Crippen LogP contribution in [-0.4, -0.2) is 0 Å². The number of anilines is 2. The van der Waals surface area contributed by atoms with Gasteiger partial charge in [0.1, 0.15) is 0 Å². The molecule has 11 rings (SSSR count). The van der Waals surface area contributed by atoms with Gasteiger partial charge in [-0.1, -0.05) is 196 Å². The van der Waals surface area contributed by atoms with Crippen LogP contribution < -0.4 is 5.32 Å². The molecule has 0 aromatic heterocycles. The Morgan fingerprint density at radius 1 is 0.296 bits per heavy atom. The zero-order valence-corrected chi connectivity index (χ0v) is 30.5. The fraction of sp³-hybridized carbons (Fsp3) is 0.0943. The number of hydrogen-bond acceptors (Lipinski definition) is 1. The summed E-state index contributed by atoms with van der Waals surface area (Å²) in [7, 11) is 0. The highest BCUT2D eigenvalue weighted by Crippen LogP contribution is 2.59. The summed E-state index contributed by atoms with van der Waals surface area (Å²) in [6, 6.07) is 72.7. The van der Waals surface area contributed by atoms with Gasteiger partial charge in [0.15, 0.2) is 0 Å². The second-order valence-electron chi connectivity index (χ2n) is 15.7. The molecule has 1 nitrogen and oxygen atoms in total. The minimum atomic E-state index is -0.448. The fourth-order valence-corrected chi connectivity index (χ4v) is 10.5. The van der Waals surface area contributed by atoms with Crippen LogP contribution in [0, 0.1) is 0 Å². The number of nitrogens with one attached hydrogen (secondary N) is 1. The fourth-order valence-electron chi connectivity index (χ4n) is 10.5. The molecule has 0 unspecified atom stereocenters. The molecule has 0 saturated carbocycles. The third-order valence-corrected chi connectivity index (χ3v) is 12.8. The van der Waals surface area contributed by atoms with Gasteiger partial charge in [0.05, 0.1) is 10.8 Å². The van der Waals surface area contributed by atoms with Gasteiger partial charge in [0.2, 0.25) is 0 Å². The molecule has 8 aromatic carbocycles. The van der Waals surface area contributed by atoms with Gasteiger partial charge < -0.3 is 5.32 Å². The SMILES string of the molecule is CC1(C)c2cc(C3(c4ccccc4)c4ccccc4-c4ccccc43)ccc2Nc2ccc(C3(c4ccccc4)c4ccccc4-c4ccccc43)cc21. The monoisotopic (exact) mass is 689 g/mol. The average Bonchev–Trinajstić information content (AvgIpc) is 3.70. The van der Waals surface area contributed by atoms with E-state index in [0.29, 0.717) is 0 Å². The van der Waals surface area contributed by atoms with Crippen molar-refractivity contribution < 1.29 is 0 Å². The summed E-state index contributed by atoms with van der Waals surface area (Å²) in [6.45, 7) is 4.83. The summed E-state index contributed by atoms with van der Waals surface area (Å²) >= 11 is 0. The molecule has 0 saturated heterocycles. The van der Waals surface area contributed by atoms with Crippen molar-refractivity contribution >= 4 is 11.4 Å². The van der Waals surface area contributed by atoms with E-state index in [1.54, 1.807) is 0 Å². The first-order chi connectivity index (χ1) is 26.5. The van der Waals surface area contributed by atoms with Crippen molar-refractivity contribution in [1.29, 1.82) is 0 Å². The summed E-state index contributed by atoms with van der Waals surface area (Å²) < 4.78 is 0. The first kappa shape index (κ1) is 31.1. The maximum atomic E-state index is 3.91. The number of rotatable bonds is 4. The van der Waals surface area contributed by atoms with E-state index in [9.17, 15) is 0 Å². The van der Waals surface area contributed by atoms with E-state index in [-0.39, 0.29) is 5.41 Å². The zero-order valence-electron chi connectivity index (χ0n) is 30.5. The molecule has 1 heteroatoms. The van der Waals surface area contributed by atoms with Crippen LogP contribution in [0.25, 0.3) is 22.3 Å². The lowest BCUT2D eigenvalue weighted by Gasteiger charge is -2.40. The molecule has 0 bridgehead atoms. The van der Waals surface area contributed by atoms with Crippen molar-refractivity contribution in [2.75, 3.05) is 5.32 Å². The lowest BCUT2D eigenvalue weighted by Crippen LogP contribution is -2.32. The zero-order chi connectivity index (χ0) is 36.1. The maximum absolute atomic E-state index is 3.91. The first-order valence-corrected chi connectivity index (χ1v) is 19.1. The minimum absolute atomic E-state index is 0.299. The van der Waals surface area contributed by atoms with Crippen LogP contribution in [0.1, 0.15) is 69.5 Å². The van der Waals surface area contributed by atoms with Gasteiger partial charge in [0, 0.05) is 16.8 Å². The molecule has 8 aromatic rings. The molecule has 0 atom stereocenters. The van der Waals surface area contributed by atoms with E-state index in [1.165, 1.54) is 89.3 Å². The van der Waals surface area contributed by atoms with E-state index in [2.05, 4.69) is 213 Å². The summed E-state index contributed by atoms with van der Waals surface area (Å²) in [6.07, 6.45) is 0. The average molecular weight is 690 g/mol. The van der Waals surface area contributed by atoms with Crippen molar-refractivity contribution in [2.24, 2.45) is 0 Å². The smallest absolute Gasteiger partial charge is 0.0713 e.